The van der Waals surface area contributed by atoms with Crippen molar-refractivity contribution in [3.8, 4) is 0 Å². The summed E-state index contributed by atoms with van der Waals surface area (Å²) in [4.78, 5) is 0. The molecular formula is C7H16O4. The van der Waals surface area contributed by atoms with Gasteiger partial charge in [-0.1, -0.05) is 0 Å². The highest BCUT2D eigenvalue weighted by Gasteiger charge is 2.34. The van der Waals surface area contributed by atoms with Crippen LogP contribution in [-0.4, -0.2) is 42.4 Å². The molecule has 0 aliphatic heterocycles. The van der Waals surface area contributed by atoms with Crippen molar-refractivity contribution in [2.45, 2.75) is 31.8 Å². The summed E-state index contributed by atoms with van der Waals surface area (Å²) in [5.74, 6) is -1.55. The van der Waals surface area contributed by atoms with Crippen LogP contribution < -0.4 is 0 Å². The van der Waals surface area contributed by atoms with Crippen molar-refractivity contribution in [2.75, 3.05) is 14.2 Å². The first-order valence-corrected chi connectivity index (χ1v) is 3.44. The fraction of sp³-hybridized carbons (Fsp3) is 1.00. The van der Waals surface area contributed by atoms with Crippen LogP contribution in [0.3, 0.4) is 0 Å². The van der Waals surface area contributed by atoms with E-state index >= 15 is 0 Å². The van der Waals surface area contributed by atoms with E-state index in [0.717, 1.165) is 0 Å². The fourth-order valence-electron chi connectivity index (χ4n) is 0.685. The second kappa shape index (κ2) is 4.01. The SMILES string of the molecule is COC(C)C(O)C(C)(O)OC. The van der Waals surface area contributed by atoms with Crippen molar-refractivity contribution in [3.05, 3.63) is 0 Å². The lowest BCUT2D eigenvalue weighted by molar-refractivity contribution is -0.251. The molecule has 0 aliphatic carbocycles. The molecule has 0 amide bonds. The summed E-state index contributed by atoms with van der Waals surface area (Å²) in [7, 11) is 2.78. The molecule has 3 atom stereocenters. The van der Waals surface area contributed by atoms with Gasteiger partial charge >= 0.3 is 0 Å². The Morgan fingerprint density at radius 2 is 1.82 bits per heavy atom. The van der Waals surface area contributed by atoms with Gasteiger partial charge in [-0.15, -0.1) is 0 Å². The highest BCUT2D eigenvalue weighted by Crippen LogP contribution is 2.14. The summed E-state index contributed by atoms with van der Waals surface area (Å²) in [6.45, 7) is 3.03. The second-order valence-electron chi connectivity index (χ2n) is 2.64. The monoisotopic (exact) mass is 164 g/mol. The number of aliphatic hydroxyl groups is 2. The molecule has 0 bridgehead atoms. The third kappa shape index (κ3) is 2.75. The van der Waals surface area contributed by atoms with Gasteiger partial charge in [-0.25, -0.2) is 0 Å². The van der Waals surface area contributed by atoms with Crippen LogP contribution in [0.2, 0.25) is 0 Å². The van der Waals surface area contributed by atoms with E-state index in [4.69, 9.17) is 4.74 Å². The minimum absolute atomic E-state index is 0.454. The number of hydrogen-bond donors (Lipinski definition) is 2. The Kier molecular flexibility index (Phi) is 3.96. The van der Waals surface area contributed by atoms with Crippen LogP contribution >= 0.6 is 0 Å². The molecule has 0 saturated heterocycles. The fourth-order valence-corrected chi connectivity index (χ4v) is 0.685. The summed E-state index contributed by atoms with van der Waals surface area (Å²) in [6, 6.07) is 0. The van der Waals surface area contributed by atoms with Gasteiger partial charge in [-0.2, -0.15) is 0 Å². The molecular weight excluding hydrogens is 148 g/mol. The standard InChI is InChI=1S/C7H16O4/c1-5(10-3)6(8)7(2,9)11-4/h5-6,8-9H,1-4H3. The molecule has 0 radical (unpaired) electrons. The minimum atomic E-state index is -1.55. The van der Waals surface area contributed by atoms with Gasteiger partial charge in [0.1, 0.15) is 6.10 Å². The largest absolute Gasteiger partial charge is 0.385 e. The summed E-state index contributed by atoms with van der Waals surface area (Å²) in [6.07, 6.45) is -1.50. The maximum Gasteiger partial charge on any atom is 0.191 e. The second-order valence-corrected chi connectivity index (χ2v) is 2.64. The molecule has 2 N–H and O–H groups in total. The number of aliphatic hydroxyl groups excluding tert-OH is 1. The Bertz CT molecular complexity index is 113. The highest BCUT2D eigenvalue weighted by molar-refractivity contribution is 4.76. The quantitative estimate of drug-likeness (QED) is 0.562. The van der Waals surface area contributed by atoms with E-state index in [0.29, 0.717) is 0 Å². The zero-order valence-electron chi connectivity index (χ0n) is 7.37. The molecule has 0 aliphatic rings. The first-order chi connectivity index (χ1) is 4.95. The zero-order valence-corrected chi connectivity index (χ0v) is 7.37. The first kappa shape index (κ1) is 10.8. The van der Waals surface area contributed by atoms with Crippen molar-refractivity contribution >= 4 is 0 Å². The van der Waals surface area contributed by atoms with Crippen molar-refractivity contribution in [1.29, 1.82) is 0 Å². The molecule has 0 rings (SSSR count). The molecule has 0 saturated carbocycles. The normalized spacial score (nSPS) is 22.4. The van der Waals surface area contributed by atoms with Crippen LogP contribution in [0, 0.1) is 0 Å². The van der Waals surface area contributed by atoms with Crippen LogP contribution in [0.1, 0.15) is 13.8 Å². The van der Waals surface area contributed by atoms with E-state index in [1.807, 2.05) is 0 Å². The minimum Gasteiger partial charge on any atom is -0.385 e. The summed E-state index contributed by atoms with van der Waals surface area (Å²) in [5.41, 5.74) is 0. The van der Waals surface area contributed by atoms with E-state index < -0.39 is 18.0 Å². The Labute approximate surface area is 66.7 Å². The Hall–Kier alpha value is -0.160. The van der Waals surface area contributed by atoms with Crippen molar-refractivity contribution in [1.82, 2.24) is 0 Å². The molecule has 3 unspecified atom stereocenters. The van der Waals surface area contributed by atoms with Crippen LogP contribution in [0.4, 0.5) is 0 Å². The predicted molar refractivity (Wildman–Crippen MR) is 40.1 cm³/mol. The molecule has 0 aromatic heterocycles. The maximum absolute atomic E-state index is 9.35. The third-order valence-corrected chi connectivity index (χ3v) is 1.78. The highest BCUT2D eigenvalue weighted by atomic mass is 16.6. The molecule has 0 heterocycles. The molecule has 4 nitrogen and oxygen atoms in total. The van der Waals surface area contributed by atoms with Crippen LogP contribution in [-0.2, 0) is 9.47 Å². The van der Waals surface area contributed by atoms with E-state index in [-0.39, 0.29) is 0 Å². The molecule has 11 heavy (non-hydrogen) atoms. The number of ether oxygens (including phenoxy) is 2. The van der Waals surface area contributed by atoms with Crippen LogP contribution in [0.15, 0.2) is 0 Å². The van der Waals surface area contributed by atoms with Gasteiger partial charge < -0.3 is 19.7 Å². The van der Waals surface area contributed by atoms with Gasteiger partial charge in [-0.3, -0.25) is 0 Å². The summed E-state index contributed by atoms with van der Waals surface area (Å²) in [5, 5.41) is 18.7. The van der Waals surface area contributed by atoms with E-state index in [9.17, 15) is 10.2 Å². The van der Waals surface area contributed by atoms with Gasteiger partial charge in [-0.05, 0) is 13.8 Å². The van der Waals surface area contributed by atoms with Crippen molar-refractivity contribution in [2.24, 2.45) is 0 Å². The van der Waals surface area contributed by atoms with Crippen LogP contribution in [0.25, 0.3) is 0 Å². The van der Waals surface area contributed by atoms with Crippen molar-refractivity contribution < 1.29 is 19.7 Å². The lowest BCUT2D eigenvalue weighted by Gasteiger charge is -2.30. The smallest absolute Gasteiger partial charge is 0.191 e. The summed E-state index contributed by atoms with van der Waals surface area (Å²) >= 11 is 0. The van der Waals surface area contributed by atoms with E-state index in [2.05, 4.69) is 4.74 Å². The Morgan fingerprint density at radius 3 is 2.09 bits per heavy atom. The van der Waals surface area contributed by atoms with E-state index in [1.54, 1.807) is 6.92 Å². The summed E-state index contributed by atoms with van der Waals surface area (Å²) < 4.78 is 9.46. The molecule has 0 aromatic carbocycles. The zero-order chi connectivity index (χ0) is 9.07. The molecule has 0 aromatic rings. The number of methoxy groups -OCH3 is 2. The van der Waals surface area contributed by atoms with Gasteiger partial charge in [0.15, 0.2) is 5.79 Å². The Morgan fingerprint density at radius 1 is 1.36 bits per heavy atom. The van der Waals surface area contributed by atoms with Gasteiger partial charge in [0.05, 0.1) is 6.10 Å². The van der Waals surface area contributed by atoms with Crippen LogP contribution in [0.5, 0.6) is 0 Å². The average Bonchev–Trinajstić information content (AvgIpc) is 2.01. The molecule has 4 heteroatoms. The lowest BCUT2D eigenvalue weighted by atomic mass is 10.1. The first-order valence-electron chi connectivity index (χ1n) is 3.44. The average molecular weight is 164 g/mol. The van der Waals surface area contributed by atoms with E-state index in [1.165, 1.54) is 21.1 Å². The van der Waals surface area contributed by atoms with Gasteiger partial charge in [0.25, 0.3) is 0 Å². The van der Waals surface area contributed by atoms with Crippen molar-refractivity contribution in [3.63, 3.8) is 0 Å². The molecule has 0 fully saturated rings. The molecule has 0 spiro atoms. The number of hydrogen-bond acceptors (Lipinski definition) is 4. The topological polar surface area (TPSA) is 58.9 Å². The molecule has 68 valence electrons. The van der Waals surface area contributed by atoms with Gasteiger partial charge in [0.2, 0.25) is 0 Å². The number of rotatable bonds is 4. The third-order valence-electron chi connectivity index (χ3n) is 1.78. The van der Waals surface area contributed by atoms with Gasteiger partial charge in [0, 0.05) is 14.2 Å². The predicted octanol–water partition coefficient (Wildman–Crippen LogP) is -0.263. The lowest BCUT2D eigenvalue weighted by Crippen LogP contribution is -2.47. The maximum atomic E-state index is 9.35. The Balaban J connectivity index is 4.10.